The predicted molar refractivity (Wildman–Crippen MR) is 81.5 cm³/mol. The van der Waals surface area contributed by atoms with Crippen LogP contribution < -0.4 is 5.32 Å². The van der Waals surface area contributed by atoms with Crippen molar-refractivity contribution in [2.75, 3.05) is 11.9 Å². The lowest BCUT2D eigenvalue weighted by atomic mass is 9.78. The van der Waals surface area contributed by atoms with E-state index in [1.165, 1.54) is 32.1 Å². The number of non-ortho nitro benzene ring substituents is 1. The summed E-state index contributed by atoms with van der Waals surface area (Å²) in [7, 11) is 0. The van der Waals surface area contributed by atoms with Gasteiger partial charge in [0.1, 0.15) is 0 Å². The molecule has 2 aliphatic rings. The summed E-state index contributed by atoms with van der Waals surface area (Å²) >= 11 is 0. The Morgan fingerprint density at radius 2 is 1.90 bits per heavy atom. The highest BCUT2D eigenvalue weighted by Crippen LogP contribution is 2.39. The van der Waals surface area contributed by atoms with E-state index in [1.807, 2.05) is 0 Å². The van der Waals surface area contributed by atoms with Gasteiger partial charge in [-0.05, 0) is 37.8 Å². The second-order valence-electron chi connectivity index (χ2n) is 6.23. The van der Waals surface area contributed by atoms with E-state index in [0.717, 1.165) is 25.1 Å². The van der Waals surface area contributed by atoms with Gasteiger partial charge < -0.3 is 10.1 Å². The standard InChI is InChI=1S/C16H22N2O3/c19-18(20)15-6-4-13(5-7-15)17-14-8-11-21-16(12-14)9-2-1-3-10-16/h4-7,14,17H,1-3,8-12H2. The molecule has 1 unspecified atom stereocenters. The molecular weight excluding hydrogens is 268 g/mol. The molecule has 1 aromatic rings. The highest BCUT2D eigenvalue weighted by molar-refractivity contribution is 5.49. The molecule has 1 N–H and O–H groups in total. The smallest absolute Gasteiger partial charge is 0.269 e. The molecule has 1 aliphatic carbocycles. The number of anilines is 1. The topological polar surface area (TPSA) is 64.4 Å². The Labute approximate surface area is 124 Å². The molecule has 2 fully saturated rings. The van der Waals surface area contributed by atoms with Gasteiger partial charge in [0.2, 0.25) is 0 Å². The number of nitrogens with zero attached hydrogens (tertiary/aromatic N) is 1. The summed E-state index contributed by atoms with van der Waals surface area (Å²) in [5.41, 5.74) is 1.17. The fourth-order valence-corrected chi connectivity index (χ4v) is 3.61. The Morgan fingerprint density at radius 3 is 2.57 bits per heavy atom. The Morgan fingerprint density at radius 1 is 1.19 bits per heavy atom. The van der Waals surface area contributed by atoms with Crippen molar-refractivity contribution >= 4 is 11.4 Å². The summed E-state index contributed by atoms with van der Waals surface area (Å²) < 4.78 is 6.10. The maximum atomic E-state index is 10.7. The summed E-state index contributed by atoms with van der Waals surface area (Å²) in [4.78, 5) is 10.3. The van der Waals surface area contributed by atoms with Crippen molar-refractivity contribution in [1.82, 2.24) is 0 Å². The van der Waals surface area contributed by atoms with E-state index >= 15 is 0 Å². The molecule has 1 saturated heterocycles. The third kappa shape index (κ3) is 3.35. The quantitative estimate of drug-likeness (QED) is 0.677. The summed E-state index contributed by atoms with van der Waals surface area (Å²) in [6.45, 7) is 0.810. The number of benzene rings is 1. The molecule has 0 bridgehead atoms. The molecule has 21 heavy (non-hydrogen) atoms. The van der Waals surface area contributed by atoms with Gasteiger partial charge in [0.15, 0.2) is 0 Å². The second kappa shape index (κ2) is 6.02. The fourth-order valence-electron chi connectivity index (χ4n) is 3.61. The van der Waals surface area contributed by atoms with E-state index < -0.39 is 0 Å². The fraction of sp³-hybridized carbons (Fsp3) is 0.625. The highest BCUT2D eigenvalue weighted by Gasteiger charge is 2.38. The van der Waals surface area contributed by atoms with Crippen molar-refractivity contribution in [2.24, 2.45) is 0 Å². The molecule has 1 atom stereocenters. The molecule has 1 aromatic carbocycles. The van der Waals surface area contributed by atoms with Crippen molar-refractivity contribution in [2.45, 2.75) is 56.6 Å². The SMILES string of the molecule is O=[N+]([O-])c1ccc(NC2CCOC3(CCCCC3)C2)cc1. The Bertz CT molecular complexity index is 489. The van der Waals surface area contributed by atoms with Gasteiger partial charge in [0.25, 0.3) is 5.69 Å². The van der Waals surface area contributed by atoms with E-state index in [0.29, 0.717) is 6.04 Å². The lowest BCUT2D eigenvalue weighted by Gasteiger charge is -2.43. The van der Waals surface area contributed by atoms with Crippen LogP contribution in [0.3, 0.4) is 0 Å². The first-order valence-corrected chi connectivity index (χ1v) is 7.82. The number of hydrogen-bond acceptors (Lipinski definition) is 4. The van der Waals surface area contributed by atoms with Crippen molar-refractivity contribution < 1.29 is 9.66 Å². The zero-order valence-electron chi connectivity index (χ0n) is 12.2. The molecular formula is C16H22N2O3. The summed E-state index contributed by atoms with van der Waals surface area (Å²) in [5, 5.41) is 14.2. The van der Waals surface area contributed by atoms with Gasteiger partial charge >= 0.3 is 0 Å². The molecule has 1 spiro atoms. The Kier molecular flexibility index (Phi) is 4.10. The van der Waals surface area contributed by atoms with Crippen LogP contribution >= 0.6 is 0 Å². The Balaban J connectivity index is 1.62. The number of ether oxygens (including phenoxy) is 1. The lowest BCUT2D eigenvalue weighted by Crippen LogP contribution is -2.45. The highest BCUT2D eigenvalue weighted by atomic mass is 16.6. The Hall–Kier alpha value is -1.62. The monoisotopic (exact) mass is 290 g/mol. The predicted octanol–water partition coefficient (Wildman–Crippen LogP) is 3.89. The zero-order chi connectivity index (χ0) is 14.7. The first-order chi connectivity index (χ1) is 10.2. The average molecular weight is 290 g/mol. The number of nitro benzene ring substituents is 1. The van der Waals surface area contributed by atoms with E-state index in [1.54, 1.807) is 24.3 Å². The number of hydrogen-bond donors (Lipinski definition) is 1. The van der Waals surface area contributed by atoms with Crippen LogP contribution in [0.15, 0.2) is 24.3 Å². The van der Waals surface area contributed by atoms with E-state index in [2.05, 4.69) is 5.32 Å². The molecule has 3 rings (SSSR count). The minimum absolute atomic E-state index is 0.0783. The van der Waals surface area contributed by atoms with Crippen LogP contribution in [-0.2, 0) is 4.74 Å². The summed E-state index contributed by atoms with van der Waals surface area (Å²) in [6.07, 6.45) is 8.25. The van der Waals surface area contributed by atoms with Crippen LogP contribution in [0.25, 0.3) is 0 Å². The lowest BCUT2D eigenvalue weighted by molar-refractivity contribution is -0.384. The van der Waals surface area contributed by atoms with Gasteiger partial charge in [-0.25, -0.2) is 0 Å². The van der Waals surface area contributed by atoms with Gasteiger partial charge in [-0.2, -0.15) is 0 Å². The number of nitro groups is 1. The van der Waals surface area contributed by atoms with E-state index in [9.17, 15) is 10.1 Å². The molecule has 5 nitrogen and oxygen atoms in total. The van der Waals surface area contributed by atoms with Crippen LogP contribution in [0, 0.1) is 10.1 Å². The largest absolute Gasteiger partial charge is 0.382 e. The van der Waals surface area contributed by atoms with Crippen molar-refractivity contribution in [1.29, 1.82) is 0 Å². The maximum Gasteiger partial charge on any atom is 0.269 e. The minimum atomic E-state index is -0.366. The molecule has 0 amide bonds. The third-order valence-corrected chi connectivity index (χ3v) is 4.71. The molecule has 0 aromatic heterocycles. The minimum Gasteiger partial charge on any atom is -0.382 e. The average Bonchev–Trinajstić information content (AvgIpc) is 2.49. The summed E-state index contributed by atoms with van der Waals surface area (Å²) in [6, 6.07) is 7.09. The van der Waals surface area contributed by atoms with Crippen LogP contribution in [-0.4, -0.2) is 23.2 Å². The first-order valence-electron chi connectivity index (χ1n) is 7.82. The summed E-state index contributed by atoms with van der Waals surface area (Å²) in [5.74, 6) is 0. The van der Waals surface area contributed by atoms with Crippen molar-refractivity contribution in [3.63, 3.8) is 0 Å². The van der Waals surface area contributed by atoms with Crippen LogP contribution in [0.1, 0.15) is 44.9 Å². The maximum absolute atomic E-state index is 10.7. The molecule has 5 heteroatoms. The van der Waals surface area contributed by atoms with Gasteiger partial charge in [0.05, 0.1) is 10.5 Å². The van der Waals surface area contributed by atoms with Gasteiger partial charge in [0, 0.05) is 30.5 Å². The van der Waals surface area contributed by atoms with Gasteiger partial charge in [-0.1, -0.05) is 19.3 Å². The van der Waals surface area contributed by atoms with Crippen LogP contribution in [0.2, 0.25) is 0 Å². The van der Waals surface area contributed by atoms with Crippen molar-refractivity contribution in [3.05, 3.63) is 34.4 Å². The van der Waals surface area contributed by atoms with Crippen LogP contribution in [0.5, 0.6) is 0 Å². The van der Waals surface area contributed by atoms with E-state index in [-0.39, 0.29) is 16.2 Å². The van der Waals surface area contributed by atoms with Gasteiger partial charge in [-0.3, -0.25) is 10.1 Å². The molecule has 1 saturated carbocycles. The molecule has 0 radical (unpaired) electrons. The molecule has 114 valence electrons. The number of rotatable bonds is 3. The second-order valence-corrected chi connectivity index (χ2v) is 6.23. The third-order valence-electron chi connectivity index (χ3n) is 4.71. The van der Waals surface area contributed by atoms with Gasteiger partial charge in [-0.15, -0.1) is 0 Å². The molecule has 1 heterocycles. The van der Waals surface area contributed by atoms with Crippen LogP contribution in [0.4, 0.5) is 11.4 Å². The zero-order valence-corrected chi connectivity index (χ0v) is 12.2. The number of nitrogens with one attached hydrogen (secondary N) is 1. The normalized spacial score (nSPS) is 24.7. The first kappa shape index (κ1) is 14.3. The molecule has 1 aliphatic heterocycles. The van der Waals surface area contributed by atoms with Crippen molar-refractivity contribution in [3.8, 4) is 0 Å². The van der Waals surface area contributed by atoms with E-state index in [4.69, 9.17) is 4.74 Å².